The zero-order valence-corrected chi connectivity index (χ0v) is 14.0. The minimum Gasteiger partial charge on any atom is -0.315 e. The highest BCUT2D eigenvalue weighted by Gasteiger charge is 2.29. The van der Waals surface area contributed by atoms with Crippen LogP contribution in [0.15, 0.2) is 10.3 Å². The first-order valence-corrected chi connectivity index (χ1v) is 9.21. The van der Waals surface area contributed by atoms with E-state index in [-0.39, 0.29) is 0 Å². The molecule has 7 heteroatoms. The van der Waals surface area contributed by atoms with Crippen molar-refractivity contribution in [3.8, 4) is 0 Å². The largest absolute Gasteiger partial charge is 0.315 e. The summed E-state index contributed by atoms with van der Waals surface area (Å²) in [4.78, 5) is 3.37. The van der Waals surface area contributed by atoms with Gasteiger partial charge in [0.2, 0.25) is 0 Å². The zero-order valence-electron chi connectivity index (χ0n) is 12.3. The molecule has 1 aromatic heterocycles. The Morgan fingerprint density at radius 2 is 1.95 bits per heavy atom. The molecule has 1 fully saturated rings. The topological polar surface area (TPSA) is 52.7 Å². The minimum absolute atomic E-state index is 0.477. The van der Waals surface area contributed by atoms with Gasteiger partial charge in [0.15, 0.2) is 0 Å². The van der Waals surface area contributed by atoms with Gasteiger partial charge in [-0.2, -0.15) is 4.31 Å². The van der Waals surface area contributed by atoms with Crippen LogP contribution in [0, 0.1) is 6.92 Å². The average Bonchev–Trinajstić information content (AvgIpc) is 2.81. The van der Waals surface area contributed by atoms with Gasteiger partial charge in [-0.3, -0.25) is 0 Å². The van der Waals surface area contributed by atoms with E-state index in [1.165, 1.54) is 11.3 Å². The van der Waals surface area contributed by atoms with Crippen LogP contribution >= 0.6 is 11.3 Å². The summed E-state index contributed by atoms with van der Waals surface area (Å²) in [5.74, 6) is 0. The Morgan fingerprint density at radius 3 is 2.50 bits per heavy atom. The number of aryl methyl sites for hydroxylation is 1. The van der Waals surface area contributed by atoms with Gasteiger partial charge < -0.3 is 10.2 Å². The standard InChI is InChI=1S/C13H23N3O2S2/c1-4-15-5-7-16(8-6-15)20(17,18)13-9-11(2)12(19-13)10-14-3/h9,14H,4-8,10H2,1-3H3. The second-order valence-corrected chi connectivity index (χ2v) is 8.34. The Balaban J connectivity index is 2.16. The van der Waals surface area contributed by atoms with Crippen LogP contribution in [0.25, 0.3) is 0 Å². The Bertz CT molecular complexity index is 546. The summed E-state index contributed by atoms with van der Waals surface area (Å²) in [5.41, 5.74) is 1.05. The molecule has 0 unspecified atom stereocenters. The number of sulfonamides is 1. The third-order valence-corrected chi connectivity index (χ3v) is 7.29. The number of rotatable bonds is 5. The molecule has 0 radical (unpaired) electrons. The summed E-state index contributed by atoms with van der Waals surface area (Å²) in [6.07, 6.45) is 0. The number of likely N-dealkylation sites (N-methyl/N-ethyl adjacent to an activating group) is 1. The summed E-state index contributed by atoms with van der Waals surface area (Å²) in [6, 6.07) is 1.80. The molecule has 0 bridgehead atoms. The van der Waals surface area contributed by atoms with Gasteiger partial charge in [-0.25, -0.2) is 8.42 Å². The Labute approximate surface area is 125 Å². The fraction of sp³-hybridized carbons (Fsp3) is 0.692. The Hall–Kier alpha value is -0.470. The van der Waals surface area contributed by atoms with E-state index in [4.69, 9.17) is 0 Å². The molecule has 0 amide bonds. The predicted octanol–water partition coefficient (Wildman–Crippen LogP) is 1.10. The third kappa shape index (κ3) is 3.23. The van der Waals surface area contributed by atoms with Crippen LogP contribution < -0.4 is 5.32 Å². The number of nitrogens with one attached hydrogen (secondary N) is 1. The normalized spacial score (nSPS) is 18.6. The van der Waals surface area contributed by atoms with Gasteiger partial charge in [-0.1, -0.05) is 6.92 Å². The van der Waals surface area contributed by atoms with E-state index in [9.17, 15) is 8.42 Å². The lowest BCUT2D eigenvalue weighted by molar-refractivity contribution is 0.196. The van der Waals surface area contributed by atoms with Crippen molar-refractivity contribution in [2.45, 2.75) is 24.6 Å². The molecule has 0 saturated carbocycles. The maximum Gasteiger partial charge on any atom is 0.252 e. The molecule has 2 rings (SSSR count). The lowest BCUT2D eigenvalue weighted by Crippen LogP contribution is -2.48. The fourth-order valence-corrected chi connectivity index (χ4v) is 5.54. The van der Waals surface area contributed by atoms with E-state index >= 15 is 0 Å². The molecular formula is C13H23N3O2S2. The van der Waals surface area contributed by atoms with Crippen LogP contribution in [-0.2, 0) is 16.6 Å². The highest BCUT2D eigenvalue weighted by atomic mass is 32.2. The van der Waals surface area contributed by atoms with Crippen molar-refractivity contribution in [3.63, 3.8) is 0 Å². The van der Waals surface area contributed by atoms with Crippen molar-refractivity contribution in [1.82, 2.24) is 14.5 Å². The van der Waals surface area contributed by atoms with E-state index < -0.39 is 10.0 Å². The number of hydrogen-bond donors (Lipinski definition) is 1. The van der Waals surface area contributed by atoms with Gasteiger partial charge in [0.1, 0.15) is 4.21 Å². The van der Waals surface area contributed by atoms with E-state index in [0.29, 0.717) is 17.3 Å². The van der Waals surface area contributed by atoms with Crippen molar-refractivity contribution in [3.05, 3.63) is 16.5 Å². The summed E-state index contributed by atoms with van der Waals surface area (Å²) in [7, 11) is -1.44. The fourth-order valence-electron chi connectivity index (χ4n) is 2.37. The van der Waals surface area contributed by atoms with Gasteiger partial charge in [0.05, 0.1) is 0 Å². The van der Waals surface area contributed by atoms with Crippen LogP contribution in [0.3, 0.4) is 0 Å². The molecule has 1 aliphatic rings. The van der Waals surface area contributed by atoms with Crippen molar-refractivity contribution < 1.29 is 8.42 Å². The number of piperazine rings is 1. The highest BCUT2D eigenvalue weighted by Crippen LogP contribution is 2.28. The second kappa shape index (κ2) is 6.53. The maximum absolute atomic E-state index is 12.6. The zero-order chi connectivity index (χ0) is 14.8. The molecular weight excluding hydrogens is 294 g/mol. The molecule has 1 saturated heterocycles. The summed E-state index contributed by atoms with van der Waals surface area (Å²) >= 11 is 1.39. The molecule has 2 heterocycles. The molecule has 5 nitrogen and oxygen atoms in total. The molecule has 1 aromatic rings. The van der Waals surface area contributed by atoms with Crippen molar-refractivity contribution in [2.75, 3.05) is 39.8 Å². The minimum atomic E-state index is -3.32. The first-order valence-electron chi connectivity index (χ1n) is 6.95. The predicted molar refractivity (Wildman–Crippen MR) is 82.7 cm³/mol. The van der Waals surface area contributed by atoms with E-state index in [0.717, 1.165) is 36.6 Å². The molecule has 114 valence electrons. The van der Waals surface area contributed by atoms with E-state index in [2.05, 4.69) is 17.1 Å². The van der Waals surface area contributed by atoms with Crippen LogP contribution in [0.1, 0.15) is 17.4 Å². The second-order valence-electron chi connectivity index (χ2n) is 5.04. The van der Waals surface area contributed by atoms with Gasteiger partial charge >= 0.3 is 0 Å². The highest BCUT2D eigenvalue weighted by molar-refractivity contribution is 7.91. The SMILES string of the molecule is CCN1CCN(S(=O)(=O)c2cc(C)c(CNC)s2)CC1. The molecule has 0 spiro atoms. The lowest BCUT2D eigenvalue weighted by Gasteiger charge is -2.32. The smallest absolute Gasteiger partial charge is 0.252 e. The van der Waals surface area contributed by atoms with Crippen molar-refractivity contribution >= 4 is 21.4 Å². The van der Waals surface area contributed by atoms with Gasteiger partial charge in [0, 0.05) is 37.6 Å². The van der Waals surface area contributed by atoms with Crippen molar-refractivity contribution in [1.29, 1.82) is 0 Å². The Morgan fingerprint density at radius 1 is 1.30 bits per heavy atom. The number of nitrogens with zero attached hydrogens (tertiary/aromatic N) is 2. The molecule has 0 atom stereocenters. The molecule has 20 heavy (non-hydrogen) atoms. The number of thiophene rings is 1. The van der Waals surface area contributed by atoms with E-state index in [1.807, 2.05) is 14.0 Å². The Kier molecular flexibility index (Phi) is 5.19. The average molecular weight is 317 g/mol. The van der Waals surface area contributed by atoms with E-state index in [1.54, 1.807) is 10.4 Å². The molecule has 0 aliphatic carbocycles. The van der Waals surface area contributed by atoms with Crippen LogP contribution in [0.2, 0.25) is 0 Å². The molecule has 1 N–H and O–H groups in total. The maximum atomic E-state index is 12.6. The van der Waals surface area contributed by atoms with Crippen LogP contribution in [0.4, 0.5) is 0 Å². The summed E-state index contributed by atoms with van der Waals surface area (Å²) in [6.45, 7) is 8.61. The number of hydrogen-bond acceptors (Lipinski definition) is 5. The lowest BCUT2D eigenvalue weighted by atomic mass is 10.3. The molecule has 1 aliphatic heterocycles. The first-order chi connectivity index (χ1) is 9.48. The van der Waals surface area contributed by atoms with Crippen LogP contribution in [-0.4, -0.2) is 57.4 Å². The third-order valence-electron chi connectivity index (χ3n) is 3.71. The monoisotopic (exact) mass is 317 g/mol. The van der Waals surface area contributed by atoms with Gasteiger partial charge in [-0.15, -0.1) is 11.3 Å². The summed E-state index contributed by atoms with van der Waals surface area (Å²) < 4.78 is 27.4. The van der Waals surface area contributed by atoms with Crippen molar-refractivity contribution in [2.24, 2.45) is 0 Å². The first kappa shape index (κ1) is 15.9. The molecule has 0 aromatic carbocycles. The van der Waals surface area contributed by atoms with Gasteiger partial charge in [-0.05, 0) is 32.1 Å². The van der Waals surface area contributed by atoms with Gasteiger partial charge in [0.25, 0.3) is 10.0 Å². The summed E-state index contributed by atoms with van der Waals surface area (Å²) in [5, 5.41) is 3.08. The van der Waals surface area contributed by atoms with Crippen LogP contribution in [0.5, 0.6) is 0 Å². The quantitative estimate of drug-likeness (QED) is 0.884.